The molecule has 0 radical (unpaired) electrons. The monoisotopic (exact) mass is 236 g/mol. The van der Waals surface area contributed by atoms with Crippen LogP contribution in [-0.2, 0) is 0 Å². The highest BCUT2D eigenvalue weighted by molar-refractivity contribution is 5.28. The quantitative estimate of drug-likeness (QED) is 0.749. The fourth-order valence-corrected chi connectivity index (χ4v) is 1.92. The number of nitrogens with one attached hydrogen (secondary N) is 1. The molecule has 1 fully saturated rings. The van der Waals surface area contributed by atoms with Crippen LogP contribution in [0.2, 0.25) is 0 Å². The smallest absolute Gasteiger partial charge is 0.225 e. The van der Waals surface area contributed by atoms with Crippen LogP contribution >= 0.6 is 0 Å². The maximum Gasteiger partial charge on any atom is 0.225 e. The summed E-state index contributed by atoms with van der Waals surface area (Å²) in [6.45, 7) is 4.21. The molecule has 0 aliphatic heterocycles. The maximum absolute atomic E-state index is 5.61. The summed E-state index contributed by atoms with van der Waals surface area (Å²) in [4.78, 5) is 8.46. The summed E-state index contributed by atoms with van der Waals surface area (Å²) in [6.07, 6.45) is 5.29. The first-order valence-electron chi connectivity index (χ1n) is 6.18. The molecule has 0 bridgehead atoms. The van der Waals surface area contributed by atoms with Crippen molar-refractivity contribution in [2.75, 3.05) is 25.0 Å². The first-order chi connectivity index (χ1) is 8.28. The standard InChI is InChI=1S/C12H20N4O/c1-2-17-10-3-8-14-11(16-10)15-9-12(4-5-12)6-7-13/h3,8H,2,4-7,9,13H2,1H3,(H,14,15,16). The SMILES string of the molecule is CCOc1ccnc(NCC2(CCN)CC2)n1. The van der Waals surface area contributed by atoms with Gasteiger partial charge in [0.15, 0.2) is 0 Å². The number of aromatic nitrogens is 2. The number of anilines is 1. The first kappa shape index (κ1) is 12.1. The minimum absolute atomic E-state index is 0.389. The molecular formula is C12H20N4O. The Labute approximate surface area is 102 Å². The molecule has 1 aromatic heterocycles. The van der Waals surface area contributed by atoms with Crippen molar-refractivity contribution in [2.45, 2.75) is 26.2 Å². The van der Waals surface area contributed by atoms with E-state index in [0.29, 0.717) is 23.9 Å². The van der Waals surface area contributed by atoms with Gasteiger partial charge < -0.3 is 15.8 Å². The fourth-order valence-electron chi connectivity index (χ4n) is 1.92. The van der Waals surface area contributed by atoms with Gasteiger partial charge in [0.2, 0.25) is 11.8 Å². The Balaban J connectivity index is 1.88. The van der Waals surface area contributed by atoms with Crippen LogP contribution in [0.5, 0.6) is 5.88 Å². The molecule has 0 aromatic carbocycles. The lowest BCUT2D eigenvalue weighted by atomic mass is 10.0. The number of rotatable bonds is 7. The Bertz CT molecular complexity index is 365. The van der Waals surface area contributed by atoms with E-state index in [9.17, 15) is 0 Å². The van der Waals surface area contributed by atoms with E-state index in [1.807, 2.05) is 6.92 Å². The van der Waals surface area contributed by atoms with Crippen LogP contribution in [-0.4, -0.2) is 29.7 Å². The lowest BCUT2D eigenvalue weighted by molar-refractivity contribution is 0.326. The van der Waals surface area contributed by atoms with Crippen molar-refractivity contribution >= 4 is 5.95 Å². The van der Waals surface area contributed by atoms with Gasteiger partial charge in [-0.1, -0.05) is 0 Å². The summed E-state index contributed by atoms with van der Waals surface area (Å²) >= 11 is 0. The van der Waals surface area contributed by atoms with E-state index in [-0.39, 0.29) is 0 Å². The van der Waals surface area contributed by atoms with E-state index >= 15 is 0 Å². The molecule has 3 N–H and O–H groups in total. The van der Waals surface area contributed by atoms with Crippen molar-refractivity contribution in [3.8, 4) is 5.88 Å². The molecule has 0 unspecified atom stereocenters. The zero-order chi connectivity index (χ0) is 12.1. The van der Waals surface area contributed by atoms with Gasteiger partial charge in [-0.3, -0.25) is 0 Å². The second-order valence-electron chi connectivity index (χ2n) is 4.54. The number of hydrogen-bond acceptors (Lipinski definition) is 5. The van der Waals surface area contributed by atoms with E-state index in [1.165, 1.54) is 12.8 Å². The summed E-state index contributed by atoms with van der Waals surface area (Å²) in [5.41, 5.74) is 6.00. The number of ether oxygens (including phenoxy) is 1. The summed E-state index contributed by atoms with van der Waals surface area (Å²) in [6, 6.07) is 1.77. The maximum atomic E-state index is 5.61. The van der Waals surface area contributed by atoms with Gasteiger partial charge in [-0.25, -0.2) is 4.98 Å². The van der Waals surface area contributed by atoms with Crippen molar-refractivity contribution < 1.29 is 4.74 Å². The molecule has 5 nitrogen and oxygen atoms in total. The largest absolute Gasteiger partial charge is 0.478 e. The third-order valence-electron chi connectivity index (χ3n) is 3.18. The lowest BCUT2D eigenvalue weighted by Gasteiger charge is -2.14. The van der Waals surface area contributed by atoms with Gasteiger partial charge in [-0.2, -0.15) is 4.98 Å². The van der Waals surface area contributed by atoms with Crippen molar-refractivity contribution in [3.05, 3.63) is 12.3 Å². The molecule has 1 aromatic rings. The van der Waals surface area contributed by atoms with E-state index in [4.69, 9.17) is 10.5 Å². The normalized spacial score (nSPS) is 16.6. The highest BCUT2D eigenvalue weighted by Gasteiger charge is 2.41. The minimum atomic E-state index is 0.389. The number of nitrogens with two attached hydrogens (primary N) is 1. The molecule has 1 aliphatic carbocycles. The molecule has 2 rings (SSSR count). The topological polar surface area (TPSA) is 73.1 Å². The van der Waals surface area contributed by atoms with Crippen LogP contribution in [0.4, 0.5) is 5.95 Å². The van der Waals surface area contributed by atoms with E-state index < -0.39 is 0 Å². The van der Waals surface area contributed by atoms with Crippen molar-refractivity contribution in [1.29, 1.82) is 0 Å². The second-order valence-corrected chi connectivity index (χ2v) is 4.54. The zero-order valence-electron chi connectivity index (χ0n) is 10.3. The molecule has 0 amide bonds. The number of hydrogen-bond donors (Lipinski definition) is 2. The van der Waals surface area contributed by atoms with Gasteiger partial charge in [-0.05, 0) is 38.1 Å². The van der Waals surface area contributed by atoms with E-state index in [1.54, 1.807) is 12.3 Å². The molecule has 5 heteroatoms. The molecule has 1 aliphatic rings. The van der Waals surface area contributed by atoms with Gasteiger partial charge >= 0.3 is 0 Å². The average molecular weight is 236 g/mol. The Kier molecular flexibility index (Phi) is 3.78. The van der Waals surface area contributed by atoms with Crippen LogP contribution < -0.4 is 15.8 Å². The Morgan fingerprint density at radius 1 is 1.53 bits per heavy atom. The number of nitrogens with zero attached hydrogens (tertiary/aromatic N) is 2. The van der Waals surface area contributed by atoms with Crippen molar-refractivity contribution in [1.82, 2.24) is 9.97 Å². The highest BCUT2D eigenvalue weighted by Crippen LogP contribution is 2.48. The first-order valence-corrected chi connectivity index (χ1v) is 6.18. The molecule has 1 heterocycles. The summed E-state index contributed by atoms with van der Waals surface area (Å²) in [5.74, 6) is 1.26. The van der Waals surface area contributed by atoms with Crippen molar-refractivity contribution in [2.24, 2.45) is 11.1 Å². The highest BCUT2D eigenvalue weighted by atomic mass is 16.5. The van der Waals surface area contributed by atoms with E-state index in [0.717, 1.165) is 19.5 Å². The molecule has 94 valence electrons. The van der Waals surface area contributed by atoms with Crippen LogP contribution in [0.25, 0.3) is 0 Å². The Morgan fingerprint density at radius 2 is 2.35 bits per heavy atom. The lowest BCUT2D eigenvalue weighted by Crippen LogP contribution is -2.20. The predicted molar refractivity (Wildman–Crippen MR) is 67.0 cm³/mol. The minimum Gasteiger partial charge on any atom is -0.478 e. The zero-order valence-corrected chi connectivity index (χ0v) is 10.3. The predicted octanol–water partition coefficient (Wildman–Crippen LogP) is 1.42. The Hall–Kier alpha value is -1.36. The summed E-state index contributed by atoms with van der Waals surface area (Å²) < 4.78 is 5.33. The van der Waals surface area contributed by atoms with Crippen LogP contribution in [0.1, 0.15) is 26.2 Å². The van der Waals surface area contributed by atoms with Gasteiger partial charge in [0, 0.05) is 18.8 Å². The third-order valence-corrected chi connectivity index (χ3v) is 3.18. The molecule has 0 atom stereocenters. The summed E-state index contributed by atoms with van der Waals surface area (Å²) in [5, 5.41) is 3.27. The van der Waals surface area contributed by atoms with Gasteiger partial charge in [0.1, 0.15) is 0 Å². The van der Waals surface area contributed by atoms with E-state index in [2.05, 4.69) is 15.3 Å². The average Bonchev–Trinajstić information content (AvgIpc) is 3.09. The molecule has 0 spiro atoms. The molecular weight excluding hydrogens is 216 g/mol. The molecule has 1 saturated carbocycles. The van der Waals surface area contributed by atoms with Gasteiger partial charge in [-0.15, -0.1) is 0 Å². The Morgan fingerprint density at radius 3 is 3.00 bits per heavy atom. The summed E-state index contributed by atoms with van der Waals surface area (Å²) in [7, 11) is 0. The third kappa shape index (κ3) is 3.30. The van der Waals surface area contributed by atoms with Crippen LogP contribution in [0, 0.1) is 5.41 Å². The fraction of sp³-hybridized carbons (Fsp3) is 0.667. The van der Waals surface area contributed by atoms with Gasteiger partial charge in [0.25, 0.3) is 0 Å². The van der Waals surface area contributed by atoms with Crippen LogP contribution in [0.15, 0.2) is 12.3 Å². The second kappa shape index (κ2) is 5.31. The van der Waals surface area contributed by atoms with Gasteiger partial charge in [0.05, 0.1) is 6.61 Å². The van der Waals surface area contributed by atoms with Crippen molar-refractivity contribution in [3.63, 3.8) is 0 Å². The molecule has 17 heavy (non-hydrogen) atoms. The van der Waals surface area contributed by atoms with Crippen LogP contribution in [0.3, 0.4) is 0 Å². The molecule has 0 saturated heterocycles.